The van der Waals surface area contributed by atoms with E-state index < -0.39 is 0 Å². The molecule has 0 radical (unpaired) electrons. The van der Waals surface area contributed by atoms with Crippen LogP contribution in [-0.4, -0.2) is 49.7 Å². The van der Waals surface area contributed by atoms with Crippen molar-refractivity contribution in [1.82, 2.24) is 15.5 Å². The first-order valence-electron chi connectivity index (χ1n) is 6.76. The van der Waals surface area contributed by atoms with Crippen molar-refractivity contribution in [2.24, 2.45) is 0 Å². The van der Waals surface area contributed by atoms with Crippen LogP contribution in [0.15, 0.2) is 0 Å². The maximum Gasteiger partial charge on any atom is 0.00759 e. The fourth-order valence-corrected chi connectivity index (χ4v) is 2.13. The minimum Gasteiger partial charge on any atom is -0.314 e. The molecular formula is C13H29N3. The van der Waals surface area contributed by atoms with Crippen molar-refractivity contribution < 1.29 is 0 Å². The molecule has 0 aromatic rings. The van der Waals surface area contributed by atoms with Gasteiger partial charge in [-0.15, -0.1) is 0 Å². The summed E-state index contributed by atoms with van der Waals surface area (Å²) in [5.74, 6) is 0. The number of nitrogens with zero attached hydrogens (tertiary/aromatic N) is 1. The monoisotopic (exact) mass is 227 g/mol. The average Bonchev–Trinajstić information content (AvgIpc) is 2.24. The molecule has 96 valence electrons. The molecule has 1 fully saturated rings. The molecule has 0 aromatic heterocycles. The van der Waals surface area contributed by atoms with Crippen LogP contribution in [-0.2, 0) is 0 Å². The summed E-state index contributed by atoms with van der Waals surface area (Å²) in [6, 6.07) is 1.96. The fourth-order valence-electron chi connectivity index (χ4n) is 2.13. The Morgan fingerprint density at radius 3 is 2.12 bits per heavy atom. The third-order valence-corrected chi connectivity index (χ3v) is 3.79. The van der Waals surface area contributed by atoms with Crippen LogP contribution in [0, 0.1) is 0 Å². The Morgan fingerprint density at radius 1 is 0.875 bits per heavy atom. The molecule has 3 unspecified atom stereocenters. The van der Waals surface area contributed by atoms with Gasteiger partial charge in [-0.1, -0.05) is 0 Å². The largest absolute Gasteiger partial charge is 0.314 e. The summed E-state index contributed by atoms with van der Waals surface area (Å²) in [6.45, 7) is 10.4. The molecule has 1 rings (SSSR count). The average molecular weight is 227 g/mol. The van der Waals surface area contributed by atoms with Gasteiger partial charge in [0.2, 0.25) is 0 Å². The zero-order valence-electron chi connectivity index (χ0n) is 11.4. The molecule has 0 aromatic carbocycles. The minimum absolute atomic E-state index is 0.636. The highest BCUT2D eigenvalue weighted by Gasteiger charge is 2.12. The second-order valence-corrected chi connectivity index (χ2v) is 5.41. The quantitative estimate of drug-likeness (QED) is 0.656. The van der Waals surface area contributed by atoms with E-state index in [1.807, 2.05) is 0 Å². The van der Waals surface area contributed by atoms with Gasteiger partial charge in [-0.2, -0.15) is 0 Å². The lowest BCUT2D eigenvalue weighted by molar-refractivity contribution is 0.227. The predicted molar refractivity (Wildman–Crippen MR) is 70.9 cm³/mol. The van der Waals surface area contributed by atoms with Gasteiger partial charge in [0.05, 0.1) is 0 Å². The summed E-state index contributed by atoms with van der Waals surface area (Å²) in [5, 5.41) is 7.20. The molecule has 0 aliphatic carbocycles. The lowest BCUT2D eigenvalue weighted by atomic mass is 10.1. The van der Waals surface area contributed by atoms with Crippen molar-refractivity contribution in [2.45, 2.75) is 58.2 Å². The third-order valence-electron chi connectivity index (χ3n) is 3.79. The van der Waals surface area contributed by atoms with Crippen LogP contribution >= 0.6 is 0 Å². The Morgan fingerprint density at radius 2 is 1.44 bits per heavy atom. The van der Waals surface area contributed by atoms with Gasteiger partial charge in [0.25, 0.3) is 0 Å². The first-order valence-corrected chi connectivity index (χ1v) is 6.76. The number of rotatable bonds is 0. The standard InChI is InChI=1S/C13H29N3/c1-11-5-8-14-12(2)7-10-16(4)13(3)6-9-15-11/h11-15H,5-10H2,1-4H3. The van der Waals surface area contributed by atoms with E-state index >= 15 is 0 Å². The normalized spacial score (nSPS) is 36.4. The van der Waals surface area contributed by atoms with E-state index in [0.29, 0.717) is 18.1 Å². The smallest absolute Gasteiger partial charge is 0.00759 e. The van der Waals surface area contributed by atoms with E-state index in [-0.39, 0.29) is 0 Å². The summed E-state index contributed by atoms with van der Waals surface area (Å²) < 4.78 is 0. The van der Waals surface area contributed by atoms with Crippen LogP contribution in [0.2, 0.25) is 0 Å². The summed E-state index contributed by atoms with van der Waals surface area (Å²) in [4.78, 5) is 2.48. The molecule has 0 saturated carbocycles. The number of nitrogens with one attached hydrogen (secondary N) is 2. The van der Waals surface area contributed by atoms with E-state index in [1.54, 1.807) is 0 Å². The van der Waals surface area contributed by atoms with Crippen molar-refractivity contribution in [3.05, 3.63) is 0 Å². The van der Waals surface area contributed by atoms with E-state index in [2.05, 4.69) is 43.4 Å². The Kier molecular flexibility index (Phi) is 6.32. The molecule has 0 spiro atoms. The van der Waals surface area contributed by atoms with Gasteiger partial charge in [-0.25, -0.2) is 0 Å². The Hall–Kier alpha value is -0.120. The van der Waals surface area contributed by atoms with Crippen LogP contribution < -0.4 is 10.6 Å². The molecule has 0 bridgehead atoms. The van der Waals surface area contributed by atoms with Crippen LogP contribution in [0.5, 0.6) is 0 Å². The van der Waals surface area contributed by atoms with Gasteiger partial charge in [-0.3, -0.25) is 0 Å². The SMILES string of the molecule is CC1CCNC(C)CCN(C)C(C)CCN1. The molecule has 3 atom stereocenters. The minimum atomic E-state index is 0.636. The lowest BCUT2D eigenvalue weighted by Gasteiger charge is -2.28. The van der Waals surface area contributed by atoms with Gasteiger partial charge in [-0.05, 0) is 66.7 Å². The summed E-state index contributed by atoms with van der Waals surface area (Å²) >= 11 is 0. The van der Waals surface area contributed by atoms with Crippen LogP contribution in [0.4, 0.5) is 0 Å². The van der Waals surface area contributed by atoms with Crippen LogP contribution in [0.3, 0.4) is 0 Å². The first-order chi connectivity index (χ1) is 7.59. The maximum absolute atomic E-state index is 3.60. The molecule has 1 aliphatic rings. The molecular weight excluding hydrogens is 198 g/mol. The number of hydrogen-bond acceptors (Lipinski definition) is 3. The second kappa shape index (κ2) is 7.25. The summed E-state index contributed by atoms with van der Waals surface area (Å²) in [5.41, 5.74) is 0. The van der Waals surface area contributed by atoms with Gasteiger partial charge >= 0.3 is 0 Å². The molecule has 3 heteroatoms. The van der Waals surface area contributed by atoms with Gasteiger partial charge in [0.1, 0.15) is 0 Å². The van der Waals surface area contributed by atoms with Crippen molar-refractivity contribution >= 4 is 0 Å². The van der Waals surface area contributed by atoms with E-state index in [4.69, 9.17) is 0 Å². The summed E-state index contributed by atoms with van der Waals surface area (Å²) in [7, 11) is 2.24. The summed E-state index contributed by atoms with van der Waals surface area (Å²) in [6.07, 6.45) is 3.74. The van der Waals surface area contributed by atoms with Crippen molar-refractivity contribution in [3.8, 4) is 0 Å². The highest BCUT2D eigenvalue weighted by Crippen LogP contribution is 2.04. The van der Waals surface area contributed by atoms with Gasteiger partial charge in [0.15, 0.2) is 0 Å². The first kappa shape index (κ1) is 13.9. The van der Waals surface area contributed by atoms with E-state index in [9.17, 15) is 0 Å². The Balaban J connectivity index is 2.41. The maximum atomic E-state index is 3.60. The van der Waals surface area contributed by atoms with Gasteiger partial charge in [0, 0.05) is 18.1 Å². The highest BCUT2D eigenvalue weighted by molar-refractivity contribution is 4.72. The fraction of sp³-hybridized carbons (Fsp3) is 1.00. The van der Waals surface area contributed by atoms with E-state index in [1.165, 1.54) is 25.8 Å². The molecule has 16 heavy (non-hydrogen) atoms. The van der Waals surface area contributed by atoms with Crippen LogP contribution in [0.25, 0.3) is 0 Å². The van der Waals surface area contributed by atoms with Crippen LogP contribution in [0.1, 0.15) is 40.0 Å². The van der Waals surface area contributed by atoms with Gasteiger partial charge < -0.3 is 15.5 Å². The Bertz CT molecular complexity index is 184. The lowest BCUT2D eigenvalue weighted by Crippen LogP contribution is -2.40. The van der Waals surface area contributed by atoms with Crippen molar-refractivity contribution in [1.29, 1.82) is 0 Å². The molecule has 1 saturated heterocycles. The number of hydrogen-bond donors (Lipinski definition) is 2. The molecule has 1 aliphatic heterocycles. The van der Waals surface area contributed by atoms with Crippen molar-refractivity contribution in [2.75, 3.05) is 26.7 Å². The zero-order chi connectivity index (χ0) is 12.0. The molecule has 3 nitrogen and oxygen atoms in total. The highest BCUT2D eigenvalue weighted by atomic mass is 15.1. The van der Waals surface area contributed by atoms with Crippen molar-refractivity contribution in [3.63, 3.8) is 0 Å². The van der Waals surface area contributed by atoms with E-state index in [0.717, 1.165) is 13.1 Å². The molecule has 2 N–H and O–H groups in total. The Labute approximate surface area is 101 Å². The third kappa shape index (κ3) is 5.28. The predicted octanol–water partition coefficient (Wildman–Crippen LogP) is 1.45. The molecule has 0 amide bonds. The topological polar surface area (TPSA) is 27.3 Å². The second-order valence-electron chi connectivity index (χ2n) is 5.41. The molecule has 1 heterocycles. The zero-order valence-corrected chi connectivity index (χ0v) is 11.4.